The molecule has 3 heterocycles. The van der Waals surface area contributed by atoms with Crippen molar-refractivity contribution in [3.05, 3.63) is 29.8 Å². The van der Waals surface area contributed by atoms with Gasteiger partial charge in [-0.2, -0.15) is 0 Å². The van der Waals surface area contributed by atoms with Gasteiger partial charge in [0.2, 0.25) is 0 Å². The molecule has 2 unspecified atom stereocenters. The number of para-hydroxylation sites is 1. The fraction of sp³-hybridized carbons (Fsp3) is 0.625. The molecule has 2 atom stereocenters. The van der Waals surface area contributed by atoms with Gasteiger partial charge < -0.3 is 10.1 Å². The van der Waals surface area contributed by atoms with Gasteiger partial charge in [0.15, 0.2) is 0 Å². The normalized spacial score (nSPS) is 33.9. The van der Waals surface area contributed by atoms with Crippen molar-refractivity contribution in [1.82, 2.24) is 4.90 Å². The summed E-state index contributed by atoms with van der Waals surface area (Å²) in [6.45, 7) is 5.12. The predicted octanol–water partition coefficient (Wildman–Crippen LogP) is 2.54. The van der Waals surface area contributed by atoms with Crippen molar-refractivity contribution in [1.29, 1.82) is 0 Å². The van der Waals surface area contributed by atoms with Crippen LogP contribution in [-0.4, -0.2) is 48.9 Å². The Morgan fingerprint density at radius 1 is 1.25 bits per heavy atom. The van der Waals surface area contributed by atoms with Gasteiger partial charge in [-0.15, -0.1) is 11.8 Å². The maximum absolute atomic E-state index is 5.50. The lowest BCUT2D eigenvalue weighted by Gasteiger charge is -2.43. The molecule has 3 nitrogen and oxygen atoms in total. The van der Waals surface area contributed by atoms with Crippen LogP contribution in [-0.2, 0) is 10.2 Å². The maximum atomic E-state index is 5.50. The quantitative estimate of drug-likeness (QED) is 0.859. The number of thioether (sulfide) groups is 1. The number of benzene rings is 1. The highest BCUT2D eigenvalue weighted by atomic mass is 32.2. The molecule has 1 aromatic rings. The van der Waals surface area contributed by atoms with Crippen LogP contribution in [0.1, 0.15) is 18.4 Å². The van der Waals surface area contributed by atoms with Gasteiger partial charge in [0.05, 0.1) is 18.6 Å². The summed E-state index contributed by atoms with van der Waals surface area (Å²) in [7, 11) is 0. The molecule has 0 amide bonds. The molecule has 0 aromatic heterocycles. The Balaban J connectivity index is 1.57. The van der Waals surface area contributed by atoms with E-state index in [1.165, 1.54) is 24.3 Å². The minimum absolute atomic E-state index is 0.366. The van der Waals surface area contributed by atoms with E-state index in [0.29, 0.717) is 10.8 Å². The fourth-order valence-electron chi connectivity index (χ4n) is 3.85. The smallest absolute Gasteiger partial charge is 0.0594 e. The largest absolute Gasteiger partial charge is 0.384 e. The Kier molecular flexibility index (Phi) is 3.41. The van der Waals surface area contributed by atoms with Gasteiger partial charge >= 0.3 is 0 Å². The molecular formula is C16H22N2OS. The molecule has 0 radical (unpaired) electrons. The minimum Gasteiger partial charge on any atom is -0.384 e. The first-order valence-electron chi connectivity index (χ1n) is 7.64. The molecule has 2 fully saturated rings. The number of anilines is 1. The molecule has 1 aromatic carbocycles. The lowest BCUT2D eigenvalue weighted by atomic mass is 9.76. The molecular weight excluding hydrogens is 268 g/mol. The van der Waals surface area contributed by atoms with Crippen LogP contribution in [0.2, 0.25) is 0 Å². The second kappa shape index (κ2) is 5.24. The second-order valence-corrected chi connectivity index (χ2v) is 7.39. The van der Waals surface area contributed by atoms with E-state index < -0.39 is 0 Å². The first-order valence-corrected chi connectivity index (χ1v) is 8.69. The summed E-state index contributed by atoms with van der Waals surface area (Å²) in [6, 6.07) is 8.90. The number of hydrogen-bond acceptors (Lipinski definition) is 4. The monoisotopic (exact) mass is 290 g/mol. The molecule has 4 heteroatoms. The number of nitrogens with one attached hydrogen (secondary N) is 1. The van der Waals surface area contributed by atoms with E-state index >= 15 is 0 Å². The third kappa shape index (κ3) is 2.14. The SMILES string of the molecule is c1ccc2c(c1)NCC21CCSC(N2CCOCC2)C1. The van der Waals surface area contributed by atoms with Crippen LogP contribution in [0, 0.1) is 0 Å². The number of fused-ring (bicyclic) bond motifs is 2. The van der Waals surface area contributed by atoms with Crippen molar-refractivity contribution in [2.75, 3.05) is 43.9 Å². The molecule has 3 aliphatic rings. The zero-order valence-electron chi connectivity index (χ0n) is 11.8. The second-order valence-electron chi connectivity index (χ2n) is 6.11. The van der Waals surface area contributed by atoms with E-state index in [9.17, 15) is 0 Å². The Morgan fingerprint density at radius 2 is 2.10 bits per heavy atom. The zero-order valence-corrected chi connectivity index (χ0v) is 12.6. The van der Waals surface area contributed by atoms with Gasteiger partial charge in [-0.1, -0.05) is 18.2 Å². The zero-order chi connectivity index (χ0) is 13.4. The van der Waals surface area contributed by atoms with E-state index in [-0.39, 0.29) is 0 Å². The minimum atomic E-state index is 0.366. The summed E-state index contributed by atoms with van der Waals surface area (Å²) in [5, 5.41) is 4.30. The number of rotatable bonds is 1. The number of hydrogen-bond donors (Lipinski definition) is 1. The molecule has 0 saturated carbocycles. The van der Waals surface area contributed by atoms with Gasteiger partial charge in [-0.25, -0.2) is 0 Å². The van der Waals surface area contributed by atoms with Crippen LogP contribution >= 0.6 is 11.8 Å². The lowest BCUT2D eigenvalue weighted by molar-refractivity contribution is 0.0271. The molecule has 4 rings (SSSR count). The molecule has 1 N–H and O–H groups in total. The summed E-state index contributed by atoms with van der Waals surface area (Å²) in [5.74, 6) is 1.28. The lowest BCUT2D eigenvalue weighted by Crippen LogP contribution is -2.48. The Morgan fingerprint density at radius 3 is 3.00 bits per heavy atom. The first kappa shape index (κ1) is 13.0. The summed E-state index contributed by atoms with van der Waals surface area (Å²) < 4.78 is 5.50. The molecule has 2 saturated heterocycles. The molecule has 3 aliphatic heterocycles. The Bertz CT molecular complexity index is 485. The van der Waals surface area contributed by atoms with Crippen molar-refractivity contribution in [3.8, 4) is 0 Å². The van der Waals surface area contributed by atoms with Crippen molar-refractivity contribution >= 4 is 17.4 Å². The van der Waals surface area contributed by atoms with Crippen LogP contribution < -0.4 is 5.32 Å². The fourth-order valence-corrected chi connectivity index (χ4v) is 5.49. The van der Waals surface area contributed by atoms with E-state index in [0.717, 1.165) is 32.8 Å². The van der Waals surface area contributed by atoms with Gasteiger partial charge in [-0.05, 0) is 30.2 Å². The van der Waals surface area contributed by atoms with Gasteiger partial charge in [0.1, 0.15) is 0 Å². The van der Waals surface area contributed by atoms with Crippen LogP contribution in [0.3, 0.4) is 0 Å². The summed E-state index contributed by atoms with van der Waals surface area (Å²) in [5.41, 5.74) is 3.28. The van der Waals surface area contributed by atoms with E-state index in [2.05, 4.69) is 46.2 Å². The van der Waals surface area contributed by atoms with Crippen LogP contribution in [0.15, 0.2) is 24.3 Å². The molecule has 1 spiro atoms. The average molecular weight is 290 g/mol. The van der Waals surface area contributed by atoms with Gasteiger partial charge in [0, 0.05) is 30.7 Å². The topological polar surface area (TPSA) is 24.5 Å². The van der Waals surface area contributed by atoms with Gasteiger partial charge in [-0.3, -0.25) is 4.90 Å². The van der Waals surface area contributed by atoms with E-state index in [1.807, 2.05) is 0 Å². The summed E-state index contributed by atoms with van der Waals surface area (Å²) >= 11 is 2.15. The average Bonchev–Trinajstić information content (AvgIpc) is 2.87. The van der Waals surface area contributed by atoms with E-state index in [4.69, 9.17) is 4.74 Å². The molecule has 0 aliphatic carbocycles. The van der Waals surface area contributed by atoms with Gasteiger partial charge in [0.25, 0.3) is 0 Å². The number of morpholine rings is 1. The highest BCUT2D eigenvalue weighted by Crippen LogP contribution is 2.48. The third-order valence-corrected chi connectivity index (χ3v) is 6.31. The molecule has 108 valence electrons. The molecule has 20 heavy (non-hydrogen) atoms. The number of nitrogens with zero attached hydrogens (tertiary/aromatic N) is 1. The summed E-state index contributed by atoms with van der Waals surface area (Å²) in [4.78, 5) is 2.63. The Hall–Kier alpha value is -0.710. The van der Waals surface area contributed by atoms with Crippen LogP contribution in [0.25, 0.3) is 0 Å². The molecule has 0 bridgehead atoms. The number of ether oxygens (including phenoxy) is 1. The standard InChI is InChI=1S/C16H22N2OS/c1-2-4-14-13(3-1)16(12-17-14)5-10-20-15(11-16)18-6-8-19-9-7-18/h1-4,15,17H,5-12H2. The highest BCUT2D eigenvalue weighted by Gasteiger charge is 2.44. The highest BCUT2D eigenvalue weighted by molar-refractivity contribution is 7.99. The summed E-state index contributed by atoms with van der Waals surface area (Å²) in [6.07, 6.45) is 2.59. The maximum Gasteiger partial charge on any atom is 0.0594 e. The first-order chi connectivity index (χ1) is 9.87. The van der Waals surface area contributed by atoms with Crippen molar-refractivity contribution in [2.24, 2.45) is 0 Å². The van der Waals surface area contributed by atoms with E-state index in [1.54, 1.807) is 5.56 Å². The predicted molar refractivity (Wildman–Crippen MR) is 84.5 cm³/mol. The van der Waals surface area contributed by atoms with Crippen LogP contribution in [0.5, 0.6) is 0 Å². The van der Waals surface area contributed by atoms with Crippen molar-refractivity contribution in [3.63, 3.8) is 0 Å². The third-order valence-electron chi connectivity index (χ3n) is 5.02. The van der Waals surface area contributed by atoms with Crippen molar-refractivity contribution in [2.45, 2.75) is 23.6 Å². The van der Waals surface area contributed by atoms with Crippen molar-refractivity contribution < 1.29 is 4.74 Å². The van der Waals surface area contributed by atoms with Crippen LogP contribution in [0.4, 0.5) is 5.69 Å². The Labute approximate surface area is 125 Å².